The highest BCUT2D eigenvalue weighted by Gasteiger charge is 2.21. The molecule has 9 heteroatoms. The molecule has 132 valence electrons. The third-order valence-electron chi connectivity index (χ3n) is 3.55. The summed E-state index contributed by atoms with van der Waals surface area (Å²) < 4.78 is 12.6. The first-order valence-electron chi connectivity index (χ1n) is 7.84. The van der Waals surface area contributed by atoms with E-state index in [0.29, 0.717) is 22.7 Å². The van der Waals surface area contributed by atoms with E-state index >= 15 is 0 Å². The second kappa shape index (κ2) is 7.14. The lowest BCUT2D eigenvalue weighted by Gasteiger charge is -2.13. The highest BCUT2D eigenvalue weighted by atomic mass is 32.2. The van der Waals surface area contributed by atoms with Crippen molar-refractivity contribution >= 4 is 23.5 Å². The summed E-state index contributed by atoms with van der Waals surface area (Å²) in [5.74, 6) is 1.58. The molecule has 0 spiro atoms. The molecule has 1 N–H and O–H groups in total. The van der Waals surface area contributed by atoms with Crippen LogP contribution in [0.2, 0.25) is 0 Å². The molecule has 0 aromatic carbocycles. The number of carbonyl (C=O) groups is 1. The molecule has 0 saturated carbocycles. The first-order chi connectivity index (χ1) is 12.0. The van der Waals surface area contributed by atoms with Crippen LogP contribution in [0.25, 0.3) is 11.5 Å². The Morgan fingerprint density at radius 3 is 2.76 bits per heavy atom. The van der Waals surface area contributed by atoms with Gasteiger partial charge in [0.15, 0.2) is 0 Å². The molecule has 0 fully saturated rings. The van der Waals surface area contributed by atoms with Crippen LogP contribution in [0.3, 0.4) is 0 Å². The Kier molecular flexibility index (Phi) is 4.93. The van der Waals surface area contributed by atoms with Crippen molar-refractivity contribution in [2.24, 2.45) is 0 Å². The van der Waals surface area contributed by atoms with Gasteiger partial charge in [-0.15, -0.1) is 10.2 Å². The van der Waals surface area contributed by atoms with Gasteiger partial charge in [-0.2, -0.15) is 5.10 Å². The Morgan fingerprint density at radius 1 is 1.28 bits per heavy atom. The predicted octanol–water partition coefficient (Wildman–Crippen LogP) is 3.53. The van der Waals surface area contributed by atoms with E-state index in [0.717, 1.165) is 5.56 Å². The van der Waals surface area contributed by atoms with Gasteiger partial charge in [0, 0.05) is 12.1 Å². The van der Waals surface area contributed by atoms with Crippen molar-refractivity contribution in [3.63, 3.8) is 0 Å². The number of aromatic nitrogens is 4. The smallest absolute Gasteiger partial charge is 0.277 e. The second-order valence-electron chi connectivity index (χ2n) is 5.77. The molecular weight excluding hydrogens is 342 g/mol. The van der Waals surface area contributed by atoms with Gasteiger partial charge in [-0.3, -0.25) is 4.79 Å². The average Bonchev–Trinajstić information content (AvgIpc) is 3.27. The number of furan rings is 1. The number of aryl methyl sites for hydroxylation is 1. The second-order valence-corrected chi connectivity index (χ2v) is 7.06. The van der Waals surface area contributed by atoms with Gasteiger partial charge >= 0.3 is 0 Å². The van der Waals surface area contributed by atoms with Gasteiger partial charge in [0.2, 0.25) is 5.91 Å². The number of nitrogens with zero attached hydrogens (tertiary/aromatic N) is 4. The number of anilines is 1. The van der Waals surface area contributed by atoms with Gasteiger partial charge in [0.05, 0.1) is 23.3 Å². The van der Waals surface area contributed by atoms with Crippen LogP contribution in [0.5, 0.6) is 0 Å². The topological polar surface area (TPSA) is 99.0 Å². The van der Waals surface area contributed by atoms with E-state index in [4.69, 9.17) is 8.83 Å². The molecule has 1 atom stereocenters. The van der Waals surface area contributed by atoms with E-state index in [-0.39, 0.29) is 11.9 Å². The van der Waals surface area contributed by atoms with Gasteiger partial charge in [-0.05, 0) is 33.8 Å². The van der Waals surface area contributed by atoms with E-state index in [1.165, 1.54) is 11.8 Å². The van der Waals surface area contributed by atoms with Crippen LogP contribution in [-0.4, -0.2) is 31.1 Å². The lowest BCUT2D eigenvalue weighted by Crippen LogP contribution is -2.24. The number of rotatable bonds is 6. The molecular formula is C16H19N5O3S. The first kappa shape index (κ1) is 17.3. The van der Waals surface area contributed by atoms with Crippen molar-refractivity contribution in [1.82, 2.24) is 20.0 Å². The molecule has 1 amide bonds. The molecule has 3 aromatic heterocycles. The summed E-state index contributed by atoms with van der Waals surface area (Å²) in [5, 5.41) is 15.0. The largest absolute Gasteiger partial charge is 0.469 e. The van der Waals surface area contributed by atoms with Crippen LogP contribution < -0.4 is 5.32 Å². The highest BCUT2D eigenvalue weighted by Crippen LogP contribution is 2.28. The highest BCUT2D eigenvalue weighted by molar-refractivity contribution is 8.00. The molecule has 0 aliphatic carbocycles. The average molecular weight is 361 g/mol. The summed E-state index contributed by atoms with van der Waals surface area (Å²) in [6, 6.07) is 3.69. The molecule has 0 saturated heterocycles. The minimum Gasteiger partial charge on any atom is -0.469 e. The summed E-state index contributed by atoms with van der Waals surface area (Å²) in [6.45, 7) is 7.60. The summed E-state index contributed by atoms with van der Waals surface area (Å²) in [7, 11) is 0. The zero-order chi connectivity index (χ0) is 18.0. The maximum Gasteiger partial charge on any atom is 0.277 e. The quantitative estimate of drug-likeness (QED) is 0.670. The van der Waals surface area contributed by atoms with E-state index in [1.807, 2.05) is 20.8 Å². The van der Waals surface area contributed by atoms with Crippen LogP contribution in [0, 0.1) is 6.92 Å². The summed E-state index contributed by atoms with van der Waals surface area (Å²) in [6.07, 6.45) is 3.22. The zero-order valence-corrected chi connectivity index (χ0v) is 15.2. The third kappa shape index (κ3) is 3.76. The SMILES string of the molecule is Cc1occc1-c1nnc(S[C@H](C)C(=O)Nc2ccnn2C(C)C)o1. The molecule has 0 aliphatic heterocycles. The number of hydrogen-bond donors (Lipinski definition) is 1. The summed E-state index contributed by atoms with van der Waals surface area (Å²) in [4.78, 5) is 12.4. The first-order valence-corrected chi connectivity index (χ1v) is 8.72. The maximum absolute atomic E-state index is 12.4. The van der Waals surface area contributed by atoms with Gasteiger partial charge in [-0.25, -0.2) is 4.68 Å². The monoisotopic (exact) mass is 361 g/mol. The lowest BCUT2D eigenvalue weighted by atomic mass is 10.3. The zero-order valence-electron chi connectivity index (χ0n) is 14.4. The van der Waals surface area contributed by atoms with E-state index in [1.54, 1.807) is 36.2 Å². The van der Waals surface area contributed by atoms with Gasteiger partial charge in [-0.1, -0.05) is 11.8 Å². The summed E-state index contributed by atoms with van der Waals surface area (Å²) >= 11 is 1.20. The fourth-order valence-electron chi connectivity index (χ4n) is 2.23. The molecule has 0 bridgehead atoms. The van der Waals surface area contributed by atoms with Crippen LogP contribution in [0.4, 0.5) is 5.82 Å². The van der Waals surface area contributed by atoms with Crippen LogP contribution in [0.15, 0.2) is 38.6 Å². The molecule has 0 unspecified atom stereocenters. The van der Waals surface area contributed by atoms with Gasteiger partial charge in [0.25, 0.3) is 11.1 Å². The molecule has 8 nitrogen and oxygen atoms in total. The van der Waals surface area contributed by atoms with Crippen molar-refractivity contribution in [1.29, 1.82) is 0 Å². The van der Waals surface area contributed by atoms with Crippen molar-refractivity contribution in [3.05, 3.63) is 30.4 Å². The maximum atomic E-state index is 12.4. The predicted molar refractivity (Wildman–Crippen MR) is 93.3 cm³/mol. The molecule has 3 heterocycles. The fourth-order valence-corrected chi connectivity index (χ4v) is 2.91. The Hall–Kier alpha value is -2.55. The van der Waals surface area contributed by atoms with E-state index < -0.39 is 5.25 Å². The minimum atomic E-state index is -0.408. The van der Waals surface area contributed by atoms with Crippen LogP contribution >= 0.6 is 11.8 Å². The normalized spacial score (nSPS) is 12.5. The van der Waals surface area contributed by atoms with Crippen molar-refractivity contribution in [3.8, 4) is 11.5 Å². The van der Waals surface area contributed by atoms with Crippen molar-refractivity contribution < 1.29 is 13.6 Å². The minimum absolute atomic E-state index is 0.157. The van der Waals surface area contributed by atoms with Crippen molar-refractivity contribution in [2.45, 2.75) is 44.2 Å². The van der Waals surface area contributed by atoms with Crippen LogP contribution in [-0.2, 0) is 4.79 Å². The van der Waals surface area contributed by atoms with E-state index in [2.05, 4.69) is 20.6 Å². The lowest BCUT2D eigenvalue weighted by molar-refractivity contribution is -0.115. The van der Waals surface area contributed by atoms with Crippen LogP contribution in [0.1, 0.15) is 32.6 Å². The number of nitrogens with one attached hydrogen (secondary N) is 1. The van der Waals surface area contributed by atoms with Crippen molar-refractivity contribution in [2.75, 3.05) is 5.32 Å². The third-order valence-corrected chi connectivity index (χ3v) is 4.49. The number of thioether (sulfide) groups is 1. The molecule has 3 rings (SSSR count). The van der Waals surface area contributed by atoms with E-state index in [9.17, 15) is 4.79 Å². The molecule has 25 heavy (non-hydrogen) atoms. The summed E-state index contributed by atoms with van der Waals surface area (Å²) in [5.41, 5.74) is 0.747. The standard InChI is InChI=1S/C16H19N5O3S/c1-9(2)21-13(5-7-17-21)18-14(22)11(4)25-16-20-19-15(24-16)12-6-8-23-10(12)3/h5-9,11H,1-4H3,(H,18,22)/t11-/m1/s1. The molecule has 0 aliphatic rings. The fraction of sp³-hybridized carbons (Fsp3) is 0.375. The number of amides is 1. The Labute approximate surface area is 149 Å². The number of hydrogen-bond acceptors (Lipinski definition) is 7. The van der Waals surface area contributed by atoms with Gasteiger partial charge < -0.3 is 14.2 Å². The molecule has 0 radical (unpaired) electrons. The Bertz CT molecular complexity index is 867. The number of carbonyl (C=O) groups excluding carboxylic acids is 1. The Balaban J connectivity index is 1.65. The Morgan fingerprint density at radius 2 is 2.08 bits per heavy atom. The van der Waals surface area contributed by atoms with Gasteiger partial charge in [0.1, 0.15) is 11.6 Å². The molecule has 3 aromatic rings.